The van der Waals surface area contributed by atoms with Crippen LogP contribution in [0.2, 0.25) is 0 Å². The number of carbonyl (C=O) groups excluding carboxylic acids is 2. The molecule has 0 saturated heterocycles. The maximum Gasteiger partial charge on any atom is 0.291 e. The van der Waals surface area contributed by atoms with Crippen molar-refractivity contribution in [1.82, 2.24) is 4.90 Å². The van der Waals surface area contributed by atoms with Gasteiger partial charge in [-0.3, -0.25) is 9.59 Å². The number of furan rings is 1. The monoisotopic (exact) mass is 348 g/mol. The summed E-state index contributed by atoms with van der Waals surface area (Å²) in [5.74, 6) is -0.363. The van der Waals surface area contributed by atoms with E-state index >= 15 is 0 Å². The molecule has 5 nitrogen and oxygen atoms in total. The molecule has 3 aromatic rings. The first-order valence-electron chi connectivity index (χ1n) is 8.29. The van der Waals surface area contributed by atoms with Crippen molar-refractivity contribution < 1.29 is 14.0 Å². The number of rotatable bonds is 5. The van der Waals surface area contributed by atoms with Crippen molar-refractivity contribution >= 4 is 17.5 Å². The smallest absolute Gasteiger partial charge is 0.291 e. The lowest BCUT2D eigenvalue weighted by Crippen LogP contribution is -2.27. The normalized spacial score (nSPS) is 10.4. The number of carbonyl (C=O) groups is 2. The SMILES string of the molecule is Cc1ccc(CN(C)C(=O)c2ccccc2NC(=O)c2ccco2)cc1. The van der Waals surface area contributed by atoms with Gasteiger partial charge < -0.3 is 14.6 Å². The van der Waals surface area contributed by atoms with Crippen molar-refractivity contribution in [3.8, 4) is 0 Å². The van der Waals surface area contributed by atoms with Crippen LogP contribution in [0.5, 0.6) is 0 Å². The molecule has 0 unspecified atom stereocenters. The molecule has 0 bridgehead atoms. The molecule has 0 aliphatic rings. The van der Waals surface area contributed by atoms with Crippen LogP contribution in [-0.2, 0) is 6.54 Å². The highest BCUT2D eigenvalue weighted by Gasteiger charge is 2.18. The maximum atomic E-state index is 12.9. The molecule has 132 valence electrons. The topological polar surface area (TPSA) is 62.6 Å². The third kappa shape index (κ3) is 4.00. The first-order chi connectivity index (χ1) is 12.5. The molecule has 2 aromatic carbocycles. The summed E-state index contributed by atoms with van der Waals surface area (Å²) in [6.45, 7) is 2.51. The molecule has 0 saturated carbocycles. The molecule has 0 aliphatic carbocycles. The molecule has 0 atom stereocenters. The molecule has 0 radical (unpaired) electrons. The maximum absolute atomic E-state index is 12.9. The lowest BCUT2D eigenvalue weighted by Gasteiger charge is -2.19. The van der Waals surface area contributed by atoms with Crippen LogP contribution in [0.25, 0.3) is 0 Å². The van der Waals surface area contributed by atoms with Gasteiger partial charge >= 0.3 is 0 Å². The van der Waals surface area contributed by atoms with Crippen molar-refractivity contribution in [2.24, 2.45) is 0 Å². The van der Waals surface area contributed by atoms with E-state index in [1.807, 2.05) is 31.2 Å². The van der Waals surface area contributed by atoms with Crippen molar-refractivity contribution in [2.45, 2.75) is 13.5 Å². The third-order valence-electron chi connectivity index (χ3n) is 4.04. The second kappa shape index (κ2) is 7.70. The van der Waals surface area contributed by atoms with E-state index in [-0.39, 0.29) is 11.7 Å². The van der Waals surface area contributed by atoms with Crippen molar-refractivity contribution in [3.63, 3.8) is 0 Å². The summed E-state index contributed by atoms with van der Waals surface area (Å²) in [5, 5.41) is 2.74. The Morgan fingerprint density at radius 3 is 2.42 bits per heavy atom. The summed E-state index contributed by atoms with van der Waals surface area (Å²) in [5.41, 5.74) is 3.11. The molecule has 2 amide bonds. The van der Waals surface area contributed by atoms with E-state index in [9.17, 15) is 9.59 Å². The van der Waals surface area contributed by atoms with Gasteiger partial charge in [0.2, 0.25) is 0 Å². The average Bonchev–Trinajstić information content (AvgIpc) is 3.18. The molecule has 1 N–H and O–H groups in total. The molecule has 26 heavy (non-hydrogen) atoms. The average molecular weight is 348 g/mol. The summed E-state index contributed by atoms with van der Waals surface area (Å²) in [6.07, 6.45) is 1.43. The fourth-order valence-electron chi connectivity index (χ4n) is 2.62. The third-order valence-corrected chi connectivity index (χ3v) is 4.04. The Morgan fingerprint density at radius 2 is 1.73 bits per heavy atom. The standard InChI is InChI=1S/C21H20N2O3/c1-15-9-11-16(12-10-15)14-23(2)21(25)17-6-3-4-7-18(17)22-20(24)19-8-5-13-26-19/h3-13H,14H2,1-2H3,(H,22,24). The number of benzene rings is 2. The minimum absolute atomic E-state index is 0.166. The van der Waals surface area contributed by atoms with Crippen LogP contribution in [0, 0.1) is 6.92 Å². The minimum Gasteiger partial charge on any atom is -0.459 e. The molecular formula is C21H20N2O3. The number of nitrogens with one attached hydrogen (secondary N) is 1. The van der Waals surface area contributed by atoms with Gasteiger partial charge in [-0.1, -0.05) is 42.0 Å². The molecule has 3 rings (SSSR count). The second-order valence-corrected chi connectivity index (χ2v) is 6.12. The minimum atomic E-state index is -0.392. The molecule has 1 aromatic heterocycles. The number of nitrogens with zero attached hydrogens (tertiary/aromatic N) is 1. The number of hydrogen-bond acceptors (Lipinski definition) is 3. The first-order valence-corrected chi connectivity index (χ1v) is 8.29. The van der Waals surface area contributed by atoms with E-state index in [0.717, 1.165) is 5.56 Å². The Morgan fingerprint density at radius 1 is 1.00 bits per heavy atom. The van der Waals surface area contributed by atoms with Gasteiger partial charge in [-0.05, 0) is 36.8 Å². The molecular weight excluding hydrogens is 328 g/mol. The summed E-state index contributed by atoms with van der Waals surface area (Å²) >= 11 is 0. The predicted molar refractivity (Wildman–Crippen MR) is 100 cm³/mol. The molecule has 0 spiro atoms. The number of para-hydroxylation sites is 1. The van der Waals surface area contributed by atoms with Crippen LogP contribution in [0.1, 0.15) is 32.0 Å². The van der Waals surface area contributed by atoms with E-state index in [1.165, 1.54) is 11.8 Å². The summed E-state index contributed by atoms with van der Waals surface area (Å²) < 4.78 is 5.10. The first kappa shape index (κ1) is 17.5. The molecule has 0 aliphatic heterocycles. The molecule has 0 fully saturated rings. The highest BCUT2D eigenvalue weighted by molar-refractivity contribution is 6.07. The zero-order chi connectivity index (χ0) is 18.5. The largest absolute Gasteiger partial charge is 0.459 e. The van der Waals surface area contributed by atoms with Gasteiger partial charge in [0, 0.05) is 13.6 Å². The van der Waals surface area contributed by atoms with Gasteiger partial charge in [0.15, 0.2) is 5.76 Å². The molecule has 5 heteroatoms. The summed E-state index contributed by atoms with van der Waals surface area (Å²) in [7, 11) is 1.74. The lowest BCUT2D eigenvalue weighted by atomic mass is 10.1. The van der Waals surface area contributed by atoms with Gasteiger partial charge in [-0.2, -0.15) is 0 Å². The van der Waals surface area contributed by atoms with Crippen LogP contribution >= 0.6 is 0 Å². The Hall–Kier alpha value is -3.34. The van der Waals surface area contributed by atoms with E-state index < -0.39 is 5.91 Å². The zero-order valence-electron chi connectivity index (χ0n) is 14.7. The Labute approximate surface area is 152 Å². The van der Waals surface area contributed by atoms with Crippen molar-refractivity contribution in [3.05, 3.63) is 89.4 Å². The van der Waals surface area contributed by atoms with Crippen LogP contribution in [0.3, 0.4) is 0 Å². The van der Waals surface area contributed by atoms with Gasteiger partial charge in [-0.15, -0.1) is 0 Å². The van der Waals surface area contributed by atoms with Crippen LogP contribution in [0.4, 0.5) is 5.69 Å². The zero-order valence-corrected chi connectivity index (χ0v) is 14.7. The summed E-state index contributed by atoms with van der Waals surface area (Å²) in [6, 6.07) is 18.2. The number of anilines is 1. The van der Waals surface area contributed by atoms with Crippen LogP contribution < -0.4 is 5.32 Å². The highest BCUT2D eigenvalue weighted by Crippen LogP contribution is 2.19. The predicted octanol–water partition coefficient (Wildman–Crippen LogP) is 4.11. The van der Waals surface area contributed by atoms with E-state index in [1.54, 1.807) is 48.3 Å². The van der Waals surface area contributed by atoms with Crippen LogP contribution in [0.15, 0.2) is 71.3 Å². The Kier molecular flexibility index (Phi) is 5.17. The van der Waals surface area contributed by atoms with Gasteiger partial charge in [0.05, 0.1) is 17.5 Å². The van der Waals surface area contributed by atoms with Crippen molar-refractivity contribution in [1.29, 1.82) is 0 Å². The fraction of sp³-hybridized carbons (Fsp3) is 0.143. The summed E-state index contributed by atoms with van der Waals surface area (Å²) in [4.78, 5) is 26.7. The van der Waals surface area contributed by atoms with Gasteiger partial charge in [-0.25, -0.2) is 0 Å². The number of hydrogen-bond donors (Lipinski definition) is 1. The van der Waals surface area contributed by atoms with Crippen LogP contribution in [-0.4, -0.2) is 23.8 Å². The number of aryl methyl sites for hydroxylation is 1. The van der Waals surface area contributed by atoms with E-state index in [2.05, 4.69) is 5.32 Å². The fourth-order valence-corrected chi connectivity index (χ4v) is 2.62. The van der Waals surface area contributed by atoms with E-state index in [4.69, 9.17) is 4.42 Å². The Bertz CT molecular complexity index is 899. The highest BCUT2D eigenvalue weighted by atomic mass is 16.3. The van der Waals surface area contributed by atoms with Gasteiger partial charge in [0.25, 0.3) is 11.8 Å². The van der Waals surface area contributed by atoms with Gasteiger partial charge in [0.1, 0.15) is 0 Å². The van der Waals surface area contributed by atoms with E-state index in [0.29, 0.717) is 17.8 Å². The molecule has 1 heterocycles. The number of amides is 2. The second-order valence-electron chi connectivity index (χ2n) is 6.12. The Balaban J connectivity index is 1.76. The van der Waals surface area contributed by atoms with Crippen molar-refractivity contribution in [2.75, 3.05) is 12.4 Å². The quantitative estimate of drug-likeness (QED) is 0.755. The lowest BCUT2D eigenvalue weighted by molar-refractivity contribution is 0.0786.